The number of nitrogens with zero attached hydrogens (tertiary/aromatic N) is 21. The maximum absolute atomic E-state index is 13.0. The van der Waals surface area contributed by atoms with E-state index in [9.17, 15) is 98.2 Å². The smallest absolute Gasteiger partial charge is 0.352 e. The van der Waals surface area contributed by atoms with Crippen molar-refractivity contribution in [3.63, 3.8) is 0 Å². The molecule has 8 aromatic heterocycles. The molecule has 1 unspecified atom stereocenters. The molecule has 1 atom stereocenters. The molecule has 51 heteroatoms. The van der Waals surface area contributed by atoms with Crippen molar-refractivity contribution in [3.8, 4) is 56.9 Å². The van der Waals surface area contributed by atoms with Crippen LogP contribution in [0, 0.1) is 54.4 Å². The van der Waals surface area contributed by atoms with Crippen LogP contribution in [-0.2, 0) is 71.2 Å². The second-order valence-corrected chi connectivity index (χ2v) is 34.2. The molecule has 0 spiro atoms. The fraction of sp³-hybridized carbons (Fsp3) is 0.261. The van der Waals surface area contributed by atoms with Crippen LogP contribution in [0.2, 0.25) is 0 Å². The zero-order valence-electron chi connectivity index (χ0n) is 76.6. The van der Waals surface area contributed by atoms with E-state index in [1.165, 1.54) is 148 Å². The van der Waals surface area contributed by atoms with Gasteiger partial charge in [0.15, 0.2) is 39.0 Å². The lowest BCUT2D eigenvalue weighted by Crippen LogP contribution is -2.41. The van der Waals surface area contributed by atoms with Gasteiger partial charge in [0, 0.05) is 145 Å². The lowest BCUT2D eigenvalue weighted by Gasteiger charge is -2.19. The van der Waals surface area contributed by atoms with E-state index in [2.05, 4.69) is 113 Å². The molecule has 35 nitrogen and oxygen atoms in total. The highest BCUT2D eigenvalue weighted by Crippen LogP contribution is 2.38. The minimum absolute atomic E-state index is 0.0693. The number of hydrogen-bond donors (Lipinski definition) is 7. The number of hydrazine groups is 3. The van der Waals surface area contributed by atoms with Gasteiger partial charge in [0.25, 0.3) is 17.7 Å². The molecule has 7 N–H and O–H groups in total. The van der Waals surface area contributed by atoms with E-state index < -0.39 is 92.2 Å². The predicted octanol–water partition coefficient (Wildman–Crippen LogP) is 15.4. The number of hydrogen-bond acceptors (Lipinski definition) is 25. The van der Waals surface area contributed by atoms with Crippen LogP contribution in [0.1, 0.15) is 105 Å². The molecule has 2 saturated heterocycles. The van der Waals surface area contributed by atoms with Crippen molar-refractivity contribution < 1.29 is 98.2 Å². The van der Waals surface area contributed by atoms with E-state index in [1.807, 2.05) is 5.01 Å². The molecule has 0 radical (unpaired) electrons. The van der Waals surface area contributed by atoms with Crippen molar-refractivity contribution in [1.29, 1.82) is 0 Å². The van der Waals surface area contributed by atoms with Gasteiger partial charge in [-0.1, -0.05) is 12.8 Å². The fourth-order valence-electron chi connectivity index (χ4n) is 13.4. The average Bonchev–Trinajstić information content (AvgIpc) is 1.77. The second kappa shape index (κ2) is 48.0. The Balaban J connectivity index is 0.000000171. The van der Waals surface area contributed by atoms with E-state index in [-0.39, 0.29) is 93.4 Å². The summed E-state index contributed by atoms with van der Waals surface area (Å²) in [6, 6.07) is 23.1. The molecular weight excluding hydrogens is 1930 g/mol. The largest absolute Gasteiger partial charge is 0.416 e. The third-order valence-corrected chi connectivity index (χ3v) is 21.7. The fourth-order valence-corrected chi connectivity index (χ4v) is 15.3. The molecule has 13 aromatic rings. The van der Waals surface area contributed by atoms with Crippen molar-refractivity contribution in [3.05, 3.63) is 275 Å². The molecule has 0 saturated carbocycles. The van der Waals surface area contributed by atoms with E-state index in [0.717, 1.165) is 92.3 Å². The molecule has 0 aliphatic carbocycles. The summed E-state index contributed by atoms with van der Waals surface area (Å²) in [6.07, 6.45) is 9.77. The minimum atomic E-state index is -4.47. The van der Waals surface area contributed by atoms with Gasteiger partial charge in [-0.15, -0.1) is 25.5 Å². The number of amides is 5. The van der Waals surface area contributed by atoms with Gasteiger partial charge in [-0.05, 0) is 205 Å². The number of halogens is 15. The van der Waals surface area contributed by atoms with Gasteiger partial charge in [0.2, 0.25) is 11.8 Å². The summed E-state index contributed by atoms with van der Waals surface area (Å²) in [5.74, 6) is -0.335. The molecular formula is C92H89F15N28O7S. The highest BCUT2D eigenvalue weighted by Gasteiger charge is 2.36. The first-order chi connectivity index (χ1) is 67.5. The number of rotatable bonds is 24. The van der Waals surface area contributed by atoms with Crippen LogP contribution < -0.4 is 37.8 Å². The highest BCUT2D eigenvalue weighted by atomic mass is 32.2. The van der Waals surface area contributed by atoms with Crippen LogP contribution in [-0.4, -0.2) is 173 Å². The third kappa shape index (κ3) is 34.6. The number of benzene rings is 5. The highest BCUT2D eigenvalue weighted by molar-refractivity contribution is 7.91. The first-order valence-electron chi connectivity index (χ1n) is 42.9. The molecule has 2 aliphatic heterocycles. The van der Waals surface area contributed by atoms with Gasteiger partial charge < -0.3 is 10.6 Å². The number of aryl methyl sites for hydroxylation is 7. The molecule has 0 bridgehead atoms. The van der Waals surface area contributed by atoms with Gasteiger partial charge in [-0.3, -0.25) is 66.1 Å². The Hall–Kier alpha value is -16.4. The number of carbonyl (C=O) groups excluding carboxylic acids is 5. The van der Waals surface area contributed by atoms with Crippen molar-refractivity contribution in [2.75, 3.05) is 42.0 Å². The quantitative estimate of drug-likeness (QED) is 0.0168. The van der Waals surface area contributed by atoms with Gasteiger partial charge >= 0.3 is 30.9 Å². The maximum Gasteiger partial charge on any atom is 0.416 e. The van der Waals surface area contributed by atoms with Gasteiger partial charge in [-0.2, -0.15) is 65.9 Å². The topological polar surface area (TPSA) is 425 Å². The van der Waals surface area contributed by atoms with Crippen molar-refractivity contribution >= 4 is 81.9 Å². The summed E-state index contributed by atoms with van der Waals surface area (Å²) < 4.78 is 224. The van der Waals surface area contributed by atoms with Crippen LogP contribution in [0.3, 0.4) is 0 Å². The van der Waals surface area contributed by atoms with Crippen molar-refractivity contribution in [2.45, 2.75) is 118 Å². The van der Waals surface area contributed by atoms with Crippen LogP contribution in [0.5, 0.6) is 0 Å². The van der Waals surface area contributed by atoms with E-state index in [1.54, 1.807) is 109 Å². The monoisotopic (exact) mass is 2010 g/mol. The number of anilines is 2. The standard InChI is InChI=1S/C19H18F3N7O.C19H22F3N5O.2C18H15F3N6O.C18H19F3N4O3S/c1-11-6-14(9-15(7-11)19(20,21)22)18-23-10-29(28-18)5-4-17(30)27-26-16-8-12(2)24-13(3)25-16;1-14-10-15(12-16(11-14)19(20,21)22)18-23-13-27(25-18)9-6-17(28)24-26-7-4-2-3-5-8-26;1-12-8-13(10-14(9-12)18(19,20)21)17-23-11-27(26-17)7-4-16(28)25-24-15-2-5-22-6-3-15;1-12-6-13(8-14(7-12)18(19,20)21)17-25-11-27(26-17)5-2-16(28)24-10-15-9-22-3-4-23-15;1-12-6-14(8-15(7-12)18(19,20)21)17-23-11-25(24-17)4-2-16(26)22-9-13-3-5-29(27,28)10-13/h4-10H,1-3H3,(H,27,30)(H,24,25,26);6,9-13H,2-5,7-8H2,1H3,(H,24,28);2-11H,1H3,(H,22,24)(H,25,28);2-9,11H,10H2,1H3,(H,24,28);2,4,6-8,11,13H,3,5,9-10H2,1H3,(H,22,26)/b5-4-;9-6-;7-4-;5-2+;4-2-. The Labute approximate surface area is 805 Å². The molecule has 15 rings (SSSR count). The van der Waals surface area contributed by atoms with E-state index >= 15 is 0 Å². The number of aromatic nitrogens is 20. The third-order valence-electron chi connectivity index (χ3n) is 19.9. The summed E-state index contributed by atoms with van der Waals surface area (Å²) in [5.41, 5.74) is 14.7. The van der Waals surface area contributed by atoms with E-state index in [0.29, 0.717) is 57.3 Å². The number of nitrogens with one attached hydrogen (secondary N) is 7. The summed E-state index contributed by atoms with van der Waals surface area (Å²) in [7, 11) is -3.00. The molecule has 10 heterocycles. The zero-order chi connectivity index (χ0) is 104. The first kappa shape index (κ1) is 107. The lowest BCUT2D eigenvalue weighted by atomic mass is 10.1. The SMILES string of the molecule is Cc1cc(-c2ncn(/C=C/C(=O)NCc3cnccn3)n2)cc(C(F)(F)F)c1.Cc1cc(-c2ncn(/C=C\C(=O)NCC3CCS(=O)(=O)C3)n2)cc(C(F)(F)F)c1.Cc1cc(-c2ncn(/C=C\C(=O)NN3CCCCCC3)n2)cc(C(F)(F)F)c1.Cc1cc(-c2ncn(/C=C\C(=O)NNc3cc(C)nc(C)n3)n2)cc(C(F)(F)F)c1.Cc1cc(-c2ncn(/C=C\C(=O)NNc3ccncc3)n2)cc(C(F)(F)F)c1. The Kier molecular flexibility index (Phi) is 35.9. The van der Waals surface area contributed by atoms with E-state index in [4.69, 9.17) is 0 Å². The zero-order valence-corrected chi connectivity index (χ0v) is 77.4. The molecule has 750 valence electrons. The molecule has 5 aromatic carbocycles. The number of pyridine rings is 1. The lowest BCUT2D eigenvalue weighted by molar-refractivity contribution is -0.138. The Morgan fingerprint density at radius 3 is 1.08 bits per heavy atom. The summed E-state index contributed by atoms with van der Waals surface area (Å²) in [4.78, 5) is 99.6. The summed E-state index contributed by atoms with van der Waals surface area (Å²) >= 11 is 0. The molecule has 143 heavy (non-hydrogen) atoms. The summed E-state index contributed by atoms with van der Waals surface area (Å²) in [5, 5.41) is 27.6. The normalized spacial score (nSPS) is 14.0. The first-order valence-corrected chi connectivity index (χ1v) is 44.7. The van der Waals surface area contributed by atoms with Crippen LogP contribution in [0.15, 0.2) is 202 Å². The van der Waals surface area contributed by atoms with Crippen LogP contribution >= 0.6 is 0 Å². The van der Waals surface area contributed by atoms with Crippen LogP contribution in [0.25, 0.3) is 87.9 Å². The van der Waals surface area contributed by atoms with Gasteiger partial charge in [0.1, 0.15) is 43.3 Å². The minimum Gasteiger partial charge on any atom is -0.352 e. The number of sulfone groups is 1. The Morgan fingerprint density at radius 2 is 0.741 bits per heavy atom. The van der Waals surface area contributed by atoms with Crippen molar-refractivity contribution in [1.82, 2.24) is 131 Å². The molecule has 2 aliphatic rings. The van der Waals surface area contributed by atoms with Gasteiger partial charge in [-0.25, -0.2) is 71.7 Å². The number of alkyl halides is 15. The molecule has 5 amide bonds. The van der Waals surface area contributed by atoms with Gasteiger partial charge in [0.05, 0.1) is 63.4 Å². The van der Waals surface area contributed by atoms with Crippen LogP contribution in [0.4, 0.5) is 77.4 Å². The maximum atomic E-state index is 13.0. The predicted molar refractivity (Wildman–Crippen MR) is 494 cm³/mol. The second-order valence-electron chi connectivity index (χ2n) is 32.0. The molecule has 2 fully saturated rings. The average molecular weight is 2020 g/mol. The van der Waals surface area contributed by atoms with Crippen molar-refractivity contribution in [2.24, 2.45) is 5.92 Å². The Bertz CT molecular complexity index is 6700. The number of carbonyl (C=O) groups is 5. The Morgan fingerprint density at radius 1 is 0.392 bits per heavy atom. The summed E-state index contributed by atoms with van der Waals surface area (Å²) in [6.45, 7) is 13.5.